The van der Waals surface area contributed by atoms with Gasteiger partial charge in [-0.25, -0.2) is 15.0 Å². The van der Waals surface area contributed by atoms with E-state index >= 15 is 0 Å². The topological polar surface area (TPSA) is 107 Å². The van der Waals surface area contributed by atoms with Crippen molar-refractivity contribution in [1.29, 1.82) is 0 Å². The van der Waals surface area contributed by atoms with Gasteiger partial charge in [0.25, 0.3) is 5.91 Å². The van der Waals surface area contributed by atoms with Crippen molar-refractivity contribution in [3.63, 3.8) is 0 Å². The van der Waals surface area contributed by atoms with Crippen LogP contribution in [-0.2, 0) is 6.54 Å². The third-order valence-corrected chi connectivity index (χ3v) is 4.17. The first kappa shape index (κ1) is 17.2. The van der Waals surface area contributed by atoms with Gasteiger partial charge in [0.2, 0.25) is 0 Å². The SMILES string of the molecule is Cc1nc(C(=O)NCc2c(Cl)cccc2Cl)c(N)nc1-c1cnco1. The number of aromatic nitrogens is 3. The van der Waals surface area contributed by atoms with Gasteiger partial charge in [0, 0.05) is 22.2 Å². The molecule has 0 saturated heterocycles. The maximum Gasteiger partial charge on any atom is 0.274 e. The van der Waals surface area contributed by atoms with Gasteiger partial charge in [-0.05, 0) is 19.1 Å². The second-order valence-corrected chi connectivity index (χ2v) is 5.95. The first-order valence-corrected chi connectivity index (χ1v) is 7.97. The Kier molecular flexibility index (Phi) is 4.87. The van der Waals surface area contributed by atoms with Gasteiger partial charge in [-0.1, -0.05) is 29.3 Å². The minimum absolute atomic E-state index is 0.0141. The van der Waals surface area contributed by atoms with Crippen LogP contribution < -0.4 is 11.1 Å². The third-order valence-electron chi connectivity index (χ3n) is 3.47. The minimum Gasteiger partial charge on any atom is -0.442 e. The summed E-state index contributed by atoms with van der Waals surface area (Å²) >= 11 is 12.2. The number of carbonyl (C=O) groups excluding carboxylic acids is 1. The number of nitrogens with one attached hydrogen (secondary N) is 1. The van der Waals surface area contributed by atoms with Crippen molar-refractivity contribution in [3.05, 3.63) is 57.8 Å². The van der Waals surface area contributed by atoms with Gasteiger partial charge in [-0.3, -0.25) is 4.79 Å². The lowest BCUT2D eigenvalue weighted by atomic mass is 10.2. The number of carbonyl (C=O) groups is 1. The average molecular weight is 378 g/mol. The number of anilines is 1. The summed E-state index contributed by atoms with van der Waals surface area (Å²) in [5, 5.41) is 3.62. The van der Waals surface area contributed by atoms with E-state index in [0.717, 1.165) is 0 Å². The molecule has 25 heavy (non-hydrogen) atoms. The van der Waals surface area contributed by atoms with Gasteiger partial charge < -0.3 is 15.5 Å². The molecule has 0 bridgehead atoms. The summed E-state index contributed by atoms with van der Waals surface area (Å²) in [6, 6.07) is 5.11. The van der Waals surface area contributed by atoms with Crippen molar-refractivity contribution in [2.24, 2.45) is 0 Å². The van der Waals surface area contributed by atoms with Gasteiger partial charge >= 0.3 is 0 Å². The fraction of sp³-hybridized carbons (Fsp3) is 0.125. The Morgan fingerprint density at radius 2 is 2.00 bits per heavy atom. The molecule has 0 saturated carbocycles. The molecule has 0 radical (unpaired) electrons. The van der Waals surface area contributed by atoms with E-state index in [0.29, 0.717) is 32.8 Å². The zero-order valence-corrected chi connectivity index (χ0v) is 14.6. The van der Waals surface area contributed by atoms with Gasteiger partial charge in [-0.2, -0.15) is 0 Å². The van der Waals surface area contributed by atoms with Crippen LogP contribution in [0.5, 0.6) is 0 Å². The van der Waals surface area contributed by atoms with Crippen LogP contribution in [0.25, 0.3) is 11.5 Å². The molecule has 0 spiro atoms. The highest BCUT2D eigenvalue weighted by Gasteiger charge is 2.18. The number of oxazole rings is 1. The molecular formula is C16H13Cl2N5O2. The molecule has 9 heteroatoms. The van der Waals surface area contributed by atoms with E-state index in [2.05, 4.69) is 20.3 Å². The van der Waals surface area contributed by atoms with Crippen LogP contribution in [0.3, 0.4) is 0 Å². The Bertz CT molecular complexity index is 908. The number of amides is 1. The smallest absolute Gasteiger partial charge is 0.274 e. The lowest BCUT2D eigenvalue weighted by Gasteiger charge is -2.11. The number of benzene rings is 1. The maximum atomic E-state index is 12.4. The molecule has 3 rings (SSSR count). The summed E-state index contributed by atoms with van der Waals surface area (Å²) in [6.45, 7) is 1.84. The quantitative estimate of drug-likeness (QED) is 0.722. The largest absolute Gasteiger partial charge is 0.442 e. The van der Waals surface area contributed by atoms with Crippen LogP contribution in [-0.4, -0.2) is 20.9 Å². The van der Waals surface area contributed by atoms with Crippen LogP contribution in [0.2, 0.25) is 10.0 Å². The van der Waals surface area contributed by atoms with E-state index in [1.54, 1.807) is 25.1 Å². The molecule has 2 aromatic heterocycles. The van der Waals surface area contributed by atoms with E-state index in [1.807, 2.05) is 0 Å². The van der Waals surface area contributed by atoms with Crippen molar-refractivity contribution in [2.45, 2.75) is 13.5 Å². The molecule has 3 aromatic rings. The van der Waals surface area contributed by atoms with Crippen LogP contribution in [0.15, 0.2) is 35.2 Å². The molecule has 3 N–H and O–H groups in total. The van der Waals surface area contributed by atoms with Gasteiger partial charge in [0.15, 0.2) is 23.7 Å². The van der Waals surface area contributed by atoms with Crippen molar-refractivity contribution in [1.82, 2.24) is 20.3 Å². The zero-order chi connectivity index (χ0) is 18.0. The molecule has 0 atom stereocenters. The average Bonchev–Trinajstić information content (AvgIpc) is 3.10. The fourth-order valence-corrected chi connectivity index (χ4v) is 2.75. The Balaban J connectivity index is 1.82. The van der Waals surface area contributed by atoms with E-state index in [-0.39, 0.29) is 18.1 Å². The first-order valence-electron chi connectivity index (χ1n) is 7.21. The second kappa shape index (κ2) is 7.08. The summed E-state index contributed by atoms with van der Waals surface area (Å²) in [6.07, 6.45) is 2.77. The Labute approximate surface area is 153 Å². The van der Waals surface area contributed by atoms with E-state index in [1.165, 1.54) is 12.6 Å². The maximum absolute atomic E-state index is 12.4. The summed E-state index contributed by atoms with van der Waals surface area (Å²) in [4.78, 5) is 24.7. The monoisotopic (exact) mass is 377 g/mol. The van der Waals surface area contributed by atoms with Crippen LogP contribution >= 0.6 is 23.2 Å². The highest BCUT2D eigenvalue weighted by atomic mass is 35.5. The summed E-state index contributed by atoms with van der Waals surface area (Å²) < 4.78 is 5.19. The van der Waals surface area contributed by atoms with E-state index in [9.17, 15) is 4.79 Å². The van der Waals surface area contributed by atoms with Gasteiger partial charge in [0.1, 0.15) is 5.69 Å². The lowest BCUT2D eigenvalue weighted by molar-refractivity contribution is 0.0946. The molecule has 1 aromatic carbocycles. The second-order valence-electron chi connectivity index (χ2n) is 5.14. The number of hydrogen-bond donors (Lipinski definition) is 2. The third kappa shape index (κ3) is 3.57. The van der Waals surface area contributed by atoms with Crippen molar-refractivity contribution < 1.29 is 9.21 Å². The number of aryl methyl sites for hydroxylation is 1. The summed E-state index contributed by atoms with van der Waals surface area (Å²) in [7, 11) is 0. The minimum atomic E-state index is -0.479. The standard InChI is InChI=1S/C16H13Cl2N5O2/c1-8-13(12-6-20-7-25-12)23-15(19)14(22-8)16(24)21-5-9-10(17)3-2-4-11(9)18/h2-4,6-7H,5H2,1H3,(H2,19,23)(H,21,24). The molecule has 0 aliphatic heterocycles. The highest BCUT2D eigenvalue weighted by Crippen LogP contribution is 2.25. The molecule has 7 nitrogen and oxygen atoms in total. The van der Waals surface area contributed by atoms with Crippen molar-refractivity contribution in [2.75, 3.05) is 5.73 Å². The molecule has 0 fully saturated rings. The van der Waals surface area contributed by atoms with Crippen molar-refractivity contribution >= 4 is 34.9 Å². The van der Waals surface area contributed by atoms with E-state index in [4.69, 9.17) is 33.4 Å². The number of nitrogens with zero attached hydrogens (tertiary/aromatic N) is 3. The summed E-state index contributed by atoms with van der Waals surface area (Å²) in [5.41, 5.74) is 7.43. The number of nitrogen functional groups attached to an aromatic ring is 1. The summed E-state index contributed by atoms with van der Waals surface area (Å²) in [5.74, 6) is -0.0699. The fourth-order valence-electron chi connectivity index (χ4n) is 2.22. The number of nitrogens with two attached hydrogens (primary N) is 1. The molecule has 2 heterocycles. The Hall–Kier alpha value is -2.64. The first-order chi connectivity index (χ1) is 12.0. The predicted octanol–water partition coefficient (Wildman–Crippen LogP) is 3.26. The Morgan fingerprint density at radius 3 is 2.64 bits per heavy atom. The lowest BCUT2D eigenvalue weighted by Crippen LogP contribution is -2.26. The molecule has 1 amide bonds. The van der Waals surface area contributed by atoms with Gasteiger partial charge in [-0.15, -0.1) is 0 Å². The number of rotatable bonds is 4. The van der Waals surface area contributed by atoms with Gasteiger partial charge in [0.05, 0.1) is 11.9 Å². The van der Waals surface area contributed by atoms with Crippen LogP contribution in [0, 0.1) is 6.92 Å². The number of hydrogen-bond acceptors (Lipinski definition) is 6. The normalized spacial score (nSPS) is 10.7. The zero-order valence-electron chi connectivity index (χ0n) is 13.1. The number of halogens is 2. The van der Waals surface area contributed by atoms with Crippen LogP contribution in [0.4, 0.5) is 5.82 Å². The molecule has 0 unspecified atom stereocenters. The molecule has 128 valence electrons. The van der Waals surface area contributed by atoms with Crippen LogP contribution in [0.1, 0.15) is 21.7 Å². The predicted molar refractivity (Wildman–Crippen MR) is 94.3 cm³/mol. The molecule has 0 aliphatic rings. The van der Waals surface area contributed by atoms with Crippen molar-refractivity contribution in [3.8, 4) is 11.5 Å². The van der Waals surface area contributed by atoms with E-state index < -0.39 is 5.91 Å². The molecule has 0 aliphatic carbocycles. The Morgan fingerprint density at radius 1 is 1.28 bits per heavy atom. The molecular weight excluding hydrogens is 365 g/mol. The highest BCUT2D eigenvalue weighted by molar-refractivity contribution is 6.36.